The molecule has 2 fully saturated rings. The second-order valence-corrected chi connectivity index (χ2v) is 8.14. The molecule has 3 nitrogen and oxygen atoms in total. The van der Waals surface area contributed by atoms with Crippen LogP contribution in [0.25, 0.3) is 0 Å². The van der Waals surface area contributed by atoms with E-state index in [0.717, 1.165) is 18.1 Å². The first kappa shape index (κ1) is 16.3. The van der Waals surface area contributed by atoms with Gasteiger partial charge in [-0.15, -0.1) is 0 Å². The van der Waals surface area contributed by atoms with Crippen molar-refractivity contribution in [3.05, 3.63) is 0 Å². The first-order chi connectivity index (χ1) is 9.35. The quantitative estimate of drug-likeness (QED) is 0.858. The van der Waals surface area contributed by atoms with Crippen molar-refractivity contribution < 1.29 is 0 Å². The van der Waals surface area contributed by atoms with Crippen molar-refractivity contribution in [2.45, 2.75) is 83.0 Å². The lowest BCUT2D eigenvalue weighted by molar-refractivity contribution is 0.0785. The third kappa shape index (κ3) is 4.71. The van der Waals surface area contributed by atoms with E-state index >= 15 is 0 Å². The van der Waals surface area contributed by atoms with Crippen LogP contribution in [0.5, 0.6) is 0 Å². The van der Waals surface area contributed by atoms with Gasteiger partial charge in [-0.25, -0.2) is 0 Å². The zero-order chi connectivity index (χ0) is 14.8. The van der Waals surface area contributed by atoms with Crippen molar-refractivity contribution in [1.82, 2.24) is 15.1 Å². The lowest BCUT2D eigenvalue weighted by atomic mass is 9.87. The molecule has 0 spiro atoms. The standard InChI is InChI=1S/C17H35N3/c1-17(2,3)18-14-7-6-8-16(13-14)20-11-9-15(10-12-20)19(4)5/h14-16,18H,6-13H2,1-5H3/t14-,16+/m1/s1. The Bertz CT molecular complexity index is 287. The summed E-state index contributed by atoms with van der Waals surface area (Å²) < 4.78 is 0. The van der Waals surface area contributed by atoms with Gasteiger partial charge in [0.2, 0.25) is 0 Å². The minimum absolute atomic E-state index is 0.254. The maximum Gasteiger partial charge on any atom is 0.0113 e. The maximum atomic E-state index is 3.82. The van der Waals surface area contributed by atoms with Crippen LogP contribution in [0.2, 0.25) is 0 Å². The first-order valence-electron chi connectivity index (χ1n) is 8.53. The summed E-state index contributed by atoms with van der Waals surface area (Å²) in [7, 11) is 4.45. The van der Waals surface area contributed by atoms with Crippen LogP contribution in [-0.4, -0.2) is 60.6 Å². The second kappa shape index (κ2) is 6.76. The van der Waals surface area contributed by atoms with Crippen molar-refractivity contribution in [2.75, 3.05) is 27.2 Å². The van der Waals surface area contributed by atoms with Crippen LogP contribution < -0.4 is 5.32 Å². The second-order valence-electron chi connectivity index (χ2n) is 8.14. The molecule has 2 aliphatic rings. The van der Waals surface area contributed by atoms with Crippen molar-refractivity contribution >= 4 is 0 Å². The minimum atomic E-state index is 0.254. The van der Waals surface area contributed by atoms with Gasteiger partial charge in [-0.2, -0.15) is 0 Å². The fourth-order valence-electron chi connectivity index (χ4n) is 4.01. The molecule has 0 aromatic heterocycles. The Morgan fingerprint density at radius 1 is 1.00 bits per heavy atom. The Morgan fingerprint density at radius 3 is 2.20 bits per heavy atom. The molecule has 0 aromatic rings. The number of nitrogens with one attached hydrogen (secondary N) is 1. The van der Waals surface area contributed by atoms with Crippen LogP contribution in [-0.2, 0) is 0 Å². The van der Waals surface area contributed by atoms with Gasteiger partial charge in [0.05, 0.1) is 0 Å². The van der Waals surface area contributed by atoms with Crippen LogP contribution in [0, 0.1) is 0 Å². The van der Waals surface area contributed by atoms with Crippen molar-refractivity contribution in [3.8, 4) is 0 Å². The van der Waals surface area contributed by atoms with Gasteiger partial charge in [-0.1, -0.05) is 6.42 Å². The normalized spacial score (nSPS) is 30.9. The van der Waals surface area contributed by atoms with Gasteiger partial charge < -0.3 is 15.1 Å². The van der Waals surface area contributed by atoms with Gasteiger partial charge in [0.15, 0.2) is 0 Å². The fraction of sp³-hybridized carbons (Fsp3) is 1.00. The zero-order valence-electron chi connectivity index (χ0n) is 14.3. The molecule has 0 unspecified atom stereocenters. The molecule has 1 N–H and O–H groups in total. The van der Waals surface area contributed by atoms with Crippen LogP contribution in [0.1, 0.15) is 59.3 Å². The van der Waals surface area contributed by atoms with Gasteiger partial charge in [0, 0.05) is 23.7 Å². The fourth-order valence-corrected chi connectivity index (χ4v) is 4.01. The molecule has 1 aliphatic carbocycles. The molecule has 0 amide bonds. The molecule has 1 aliphatic heterocycles. The molecular weight excluding hydrogens is 246 g/mol. The zero-order valence-corrected chi connectivity index (χ0v) is 14.3. The van der Waals surface area contributed by atoms with Crippen LogP contribution >= 0.6 is 0 Å². The molecule has 3 heteroatoms. The van der Waals surface area contributed by atoms with E-state index < -0.39 is 0 Å². The number of nitrogens with zero attached hydrogens (tertiary/aromatic N) is 2. The average molecular weight is 281 g/mol. The lowest BCUT2D eigenvalue weighted by Gasteiger charge is -2.43. The van der Waals surface area contributed by atoms with E-state index in [1.54, 1.807) is 0 Å². The maximum absolute atomic E-state index is 3.82. The summed E-state index contributed by atoms with van der Waals surface area (Å²) in [5.74, 6) is 0. The number of hydrogen-bond acceptors (Lipinski definition) is 3. The average Bonchev–Trinajstić information content (AvgIpc) is 2.37. The van der Waals surface area contributed by atoms with Crippen LogP contribution in [0.15, 0.2) is 0 Å². The molecule has 0 radical (unpaired) electrons. The highest BCUT2D eigenvalue weighted by atomic mass is 15.2. The smallest absolute Gasteiger partial charge is 0.0113 e. The van der Waals surface area contributed by atoms with Gasteiger partial charge in [-0.3, -0.25) is 0 Å². The molecule has 2 atom stereocenters. The minimum Gasteiger partial charge on any atom is -0.309 e. The number of rotatable bonds is 3. The van der Waals surface area contributed by atoms with Gasteiger partial charge >= 0.3 is 0 Å². The highest BCUT2D eigenvalue weighted by Gasteiger charge is 2.31. The molecule has 1 heterocycles. The predicted molar refractivity (Wildman–Crippen MR) is 87.2 cm³/mol. The van der Waals surface area contributed by atoms with Crippen LogP contribution in [0.4, 0.5) is 0 Å². The molecule has 0 aromatic carbocycles. The van der Waals surface area contributed by atoms with E-state index in [9.17, 15) is 0 Å². The van der Waals surface area contributed by atoms with Crippen molar-refractivity contribution in [1.29, 1.82) is 0 Å². The lowest BCUT2D eigenvalue weighted by Crippen LogP contribution is -2.52. The molecular formula is C17H35N3. The van der Waals surface area contributed by atoms with Gasteiger partial charge in [0.25, 0.3) is 0 Å². The third-order valence-electron chi connectivity index (χ3n) is 5.03. The summed E-state index contributed by atoms with van der Waals surface area (Å²) in [6.45, 7) is 9.48. The van der Waals surface area contributed by atoms with Gasteiger partial charge in [-0.05, 0) is 80.1 Å². The van der Waals surface area contributed by atoms with Gasteiger partial charge in [0.1, 0.15) is 0 Å². The summed E-state index contributed by atoms with van der Waals surface area (Å²) in [4.78, 5) is 5.18. The van der Waals surface area contributed by atoms with E-state index in [1.807, 2.05) is 0 Å². The van der Waals surface area contributed by atoms with E-state index in [-0.39, 0.29) is 5.54 Å². The highest BCUT2D eigenvalue weighted by Crippen LogP contribution is 2.27. The SMILES string of the molecule is CN(C)C1CCN([C@H]2CCC[C@@H](NC(C)(C)C)C2)CC1. The summed E-state index contributed by atoms with van der Waals surface area (Å²) in [5.41, 5.74) is 0.254. The number of hydrogen-bond donors (Lipinski definition) is 1. The molecule has 118 valence electrons. The van der Waals surface area contributed by atoms with E-state index in [4.69, 9.17) is 0 Å². The predicted octanol–water partition coefficient (Wildman–Crippen LogP) is 2.71. The molecule has 2 rings (SSSR count). The molecule has 1 saturated carbocycles. The molecule has 1 saturated heterocycles. The summed E-state index contributed by atoms with van der Waals surface area (Å²) in [6.07, 6.45) is 8.22. The third-order valence-corrected chi connectivity index (χ3v) is 5.03. The van der Waals surface area contributed by atoms with Crippen molar-refractivity contribution in [3.63, 3.8) is 0 Å². The van der Waals surface area contributed by atoms with E-state index in [1.165, 1.54) is 51.6 Å². The Hall–Kier alpha value is -0.120. The first-order valence-corrected chi connectivity index (χ1v) is 8.53. The Balaban J connectivity index is 1.81. The summed E-state index contributed by atoms with van der Waals surface area (Å²) >= 11 is 0. The number of piperidine rings is 1. The number of likely N-dealkylation sites (tertiary alicyclic amines) is 1. The summed E-state index contributed by atoms with van der Waals surface area (Å²) in [5, 5.41) is 3.82. The Kier molecular flexibility index (Phi) is 5.49. The van der Waals surface area contributed by atoms with Crippen LogP contribution in [0.3, 0.4) is 0 Å². The monoisotopic (exact) mass is 281 g/mol. The topological polar surface area (TPSA) is 18.5 Å². The summed E-state index contributed by atoms with van der Waals surface area (Å²) in [6, 6.07) is 2.35. The highest BCUT2D eigenvalue weighted by molar-refractivity contribution is 4.89. The van der Waals surface area contributed by atoms with E-state index in [0.29, 0.717) is 0 Å². The molecule has 20 heavy (non-hydrogen) atoms. The van der Waals surface area contributed by atoms with E-state index in [2.05, 4.69) is 50.0 Å². The Morgan fingerprint density at radius 2 is 1.65 bits per heavy atom. The van der Waals surface area contributed by atoms with Crippen molar-refractivity contribution in [2.24, 2.45) is 0 Å². The largest absolute Gasteiger partial charge is 0.309 e. The molecule has 0 bridgehead atoms. The Labute approximate surface area is 126 Å².